The first-order valence-corrected chi connectivity index (χ1v) is 6.07. The van der Waals surface area contributed by atoms with E-state index in [2.05, 4.69) is 10.5 Å². The maximum absolute atomic E-state index is 12.2. The molecule has 7 heteroatoms. The van der Waals surface area contributed by atoms with Crippen molar-refractivity contribution >= 4 is 17.6 Å². The van der Waals surface area contributed by atoms with Crippen molar-refractivity contribution in [1.29, 1.82) is 0 Å². The van der Waals surface area contributed by atoms with Crippen molar-refractivity contribution in [1.82, 2.24) is 5.32 Å². The van der Waals surface area contributed by atoms with Crippen LogP contribution in [-0.2, 0) is 9.59 Å². The number of hydrogen-bond donors (Lipinski definition) is 4. The van der Waals surface area contributed by atoms with E-state index in [-0.39, 0.29) is 24.7 Å². The van der Waals surface area contributed by atoms with E-state index in [4.69, 9.17) is 16.7 Å². The summed E-state index contributed by atoms with van der Waals surface area (Å²) in [6.07, 6.45) is 3.96. The number of amidine groups is 1. The molecule has 18 heavy (non-hydrogen) atoms. The van der Waals surface area contributed by atoms with Crippen molar-refractivity contribution in [3.63, 3.8) is 0 Å². The summed E-state index contributed by atoms with van der Waals surface area (Å²) < 4.78 is 0. The Labute approximate surface area is 106 Å². The van der Waals surface area contributed by atoms with Gasteiger partial charge in [-0.15, -0.1) is 0 Å². The summed E-state index contributed by atoms with van der Waals surface area (Å²) in [4.78, 5) is 22.8. The Hall–Kier alpha value is -1.79. The number of carbonyl (C=O) groups excluding carboxylic acids is 2. The minimum atomic E-state index is -0.940. The number of nitrogens with one attached hydrogen (secondary N) is 1. The van der Waals surface area contributed by atoms with Gasteiger partial charge in [0.05, 0.1) is 0 Å². The standard InChI is InChI=1S/C11H20N4O3/c12-8(16)4-7-14-10(17)11(9(13)15-18)5-2-1-3-6-11/h18H,1-7H2,(H2,12,16)(H2,13,15)(H,14,17). The normalized spacial score (nSPS) is 19.2. The average Bonchev–Trinajstić information content (AvgIpc) is 2.38. The molecule has 1 rings (SSSR count). The van der Waals surface area contributed by atoms with E-state index in [9.17, 15) is 9.59 Å². The van der Waals surface area contributed by atoms with Crippen molar-refractivity contribution in [2.45, 2.75) is 38.5 Å². The number of amides is 2. The van der Waals surface area contributed by atoms with Crippen LogP contribution in [0.5, 0.6) is 0 Å². The SMILES string of the molecule is NC(=O)CCNC(=O)C1(C(N)=NO)CCCCC1. The van der Waals surface area contributed by atoms with Crippen LogP contribution in [0, 0.1) is 5.41 Å². The maximum Gasteiger partial charge on any atom is 0.233 e. The van der Waals surface area contributed by atoms with Crippen molar-refractivity contribution in [3.05, 3.63) is 0 Å². The van der Waals surface area contributed by atoms with E-state index in [0.29, 0.717) is 12.8 Å². The molecule has 0 aliphatic heterocycles. The number of primary amides is 1. The topological polar surface area (TPSA) is 131 Å². The summed E-state index contributed by atoms with van der Waals surface area (Å²) in [6.45, 7) is 0.175. The van der Waals surface area contributed by atoms with Gasteiger partial charge < -0.3 is 22.0 Å². The molecule has 0 aromatic heterocycles. The molecule has 0 unspecified atom stereocenters. The van der Waals surface area contributed by atoms with Gasteiger partial charge in [-0.05, 0) is 12.8 Å². The first kappa shape index (κ1) is 14.3. The quantitative estimate of drug-likeness (QED) is 0.232. The van der Waals surface area contributed by atoms with Crippen LogP contribution in [0.3, 0.4) is 0 Å². The minimum absolute atomic E-state index is 0.0567. The van der Waals surface area contributed by atoms with Crippen LogP contribution in [0.2, 0.25) is 0 Å². The first-order chi connectivity index (χ1) is 8.53. The van der Waals surface area contributed by atoms with Gasteiger partial charge in [0, 0.05) is 13.0 Å². The van der Waals surface area contributed by atoms with Gasteiger partial charge in [-0.1, -0.05) is 24.4 Å². The lowest BCUT2D eigenvalue weighted by atomic mass is 9.72. The van der Waals surface area contributed by atoms with E-state index in [0.717, 1.165) is 19.3 Å². The van der Waals surface area contributed by atoms with Gasteiger partial charge in [0.15, 0.2) is 5.84 Å². The van der Waals surface area contributed by atoms with Crippen molar-refractivity contribution in [3.8, 4) is 0 Å². The third-order valence-corrected chi connectivity index (χ3v) is 3.40. The molecule has 1 aliphatic carbocycles. The molecule has 1 fully saturated rings. The molecule has 0 bridgehead atoms. The van der Waals surface area contributed by atoms with E-state index in [1.54, 1.807) is 0 Å². The predicted molar refractivity (Wildman–Crippen MR) is 65.7 cm³/mol. The van der Waals surface area contributed by atoms with Crippen LogP contribution >= 0.6 is 0 Å². The molecule has 102 valence electrons. The van der Waals surface area contributed by atoms with Crippen molar-refractivity contribution in [2.75, 3.05) is 6.54 Å². The van der Waals surface area contributed by atoms with Crippen LogP contribution in [0.15, 0.2) is 5.16 Å². The summed E-state index contributed by atoms with van der Waals surface area (Å²) in [7, 11) is 0. The second-order valence-corrected chi connectivity index (χ2v) is 4.60. The minimum Gasteiger partial charge on any atom is -0.409 e. The molecule has 1 aliphatic rings. The highest BCUT2D eigenvalue weighted by Gasteiger charge is 2.43. The van der Waals surface area contributed by atoms with Gasteiger partial charge in [-0.25, -0.2) is 0 Å². The second kappa shape index (κ2) is 6.23. The molecule has 0 saturated heterocycles. The average molecular weight is 256 g/mol. The van der Waals surface area contributed by atoms with Crippen LogP contribution in [0.4, 0.5) is 0 Å². The number of hydrogen-bond acceptors (Lipinski definition) is 4. The lowest BCUT2D eigenvalue weighted by Gasteiger charge is -2.34. The highest BCUT2D eigenvalue weighted by molar-refractivity contribution is 6.06. The molecular weight excluding hydrogens is 236 g/mol. The maximum atomic E-state index is 12.2. The molecule has 2 amide bonds. The summed E-state index contributed by atoms with van der Waals surface area (Å²) in [5.41, 5.74) is 9.72. The van der Waals surface area contributed by atoms with E-state index in [1.807, 2.05) is 0 Å². The number of rotatable bonds is 5. The molecule has 6 N–H and O–H groups in total. The lowest BCUT2D eigenvalue weighted by molar-refractivity contribution is -0.129. The Morgan fingerprint density at radius 1 is 1.22 bits per heavy atom. The molecule has 0 radical (unpaired) electrons. The molecule has 0 spiro atoms. The summed E-state index contributed by atoms with van der Waals surface area (Å²) in [5, 5.41) is 14.4. The Morgan fingerprint density at radius 2 is 1.83 bits per heavy atom. The fraction of sp³-hybridized carbons (Fsp3) is 0.727. The molecule has 0 heterocycles. The zero-order valence-corrected chi connectivity index (χ0v) is 10.3. The number of nitrogens with zero attached hydrogens (tertiary/aromatic N) is 1. The van der Waals surface area contributed by atoms with Gasteiger partial charge in [-0.2, -0.15) is 0 Å². The Kier molecular flexibility index (Phi) is 4.94. The smallest absolute Gasteiger partial charge is 0.233 e. The molecule has 0 aromatic carbocycles. The Bertz CT molecular complexity index is 348. The molecular formula is C11H20N4O3. The predicted octanol–water partition coefficient (Wildman–Crippen LogP) is -0.325. The van der Waals surface area contributed by atoms with Gasteiger partial charge >= 0.3 is 0 Å². The fourth-order valence-electron chi connectivity index (χ4n) is 2.32. The Balaban J connectivity index is 2.71. The number of oxime groups is 1. The summed E-state index contributed by atoms with van der Waals surface area (Å²) in [5.74, 6) is -0.825. The molecule has 0 aromatic rings. The zero-order valence-electron chi connectivity index (χ0n) is 10.3. The Morgan fingerprint density at radius 3 is 2.33 bits per heavy atom. The third-order valence-electron chi connectivity index (χ3n) is 3.40. The highest BCUT2D eigenvalue weighted by atomic mass is 16.4. The molecule has 1 saturated carbocycles. The van der Waals surface area contributed by atoms with E-state index >= 15 is 0 Å². The zero-order chi connectivity index (χ0) is 13.6. The van der Waals surface area contributed by atoms with Crippen LogP contribution in [0.1, 0.15) is 38.5 Å². The number of nitrogens with two attached hydrogens (primary N) is 2. The van der Waals surface area contributed by atoms with Crippen LogP contribution < -0.4 is 16.8 Å². The van der Waals surface area contributed by atoms with Gasteiger partial charge in [0.1, 0.15) is 5.41 Å². The fourth-order valence-corrected chi connectivity index (χ4v) is 2.32. The largest absolute Gasteiger partial charge is 0.409 e. The third kappa shape index (κ3) is 3.12. The number of carbonyl (C=O) groups is 2. The molecule has 0 atom stereocenters. The van der Waals surface area contributed by atoms with Crippen LogP contribution in [-0.4, -0.2) is 29.4 Å². The molecule has 7 nitrogen and oxygen atoms in total. The van der Waals surface area contributed by atoms with Crippen LogP contribution in [0.25, 0.3) is 0 Å². The monoisotopic (exact) mass is 256 g/mol. The van der Waals surface area contributed by atoms with E-state index < -0.39 is 11.3 Å². The second-order valence-electron chi connectivity index (χ2n) is 4.60. The van der Waals surface area contributed by atoms with Gasteiger partial charge in [0.25, 0.3) is 0 Å². The highest BCUT2D eigenvalue weighted by Crippen LogP contribution is 2.36. The van der Waals surface area contributed by atoms with Crippen molar-refractivity contribution < 1.29 is 14.8 Å². The lowest BCUT2D eigenvalue weighted by Crippen LogP contribution is -2.51. The summed E-state index contributed by atoms with van der Waals surface area (Å²) >= 11 is 0. The van der Waals surface area contributed by atoms with E-state index in [1.165, 1.54) is 0 Å². The van der Waals surface area contributed by atoms with Gasteiger partial charge in [-0.3, -0.25) is 9.59 Å². The van der Waals surface area contributed by atoms with Gasteiger partial charge in [0.2, 0.25) is 11.8 Å². The summed E-state index contributed by atoms with van der Waals surface area (Å²) in [6, 6.07) is 0. The first-order valence-electron chi connectivity index (χ1n) is 6.07. The van der Waals surface area contributed by atoms with Crippen molar-refractivity contribution in [2.24, 2.45) is 22.0 Å².